The molecular formula is C17H13Cl2N5O. The number of ketones is 1. The number of H-pyrrole nitrogens is 1. The molecule has 25 heavy (non-hydrogen) atoms. The first kappa shape index (κ1) is 15.9. The van der Waals surface area contributed by atoms with Crippen LogP contribution in [0.25, 0.3) is 11.1 Å². The van der Waals surface area contributed by atoms with Crippen LogP contribution in [0, 0.1) is 0 Å². The number of fused-ring (bicyclic) bond motifs is 1. The van der Waals surface area contributed by atoms with Crippen LogP contribution in [0.4, 0.5) is 17.6 Å². The third-order valence-electron chi connectivity index (χ3n) is 4.07. The number of hydrogen-bond donors (Lipinski definition) is 3. The molecule has 4 N–H and O–H groups in total. The lowest BCUT2D eigenvalue weighted by atomic mass is 10.00. The molecule has 0 aliphatic heterocycles. The summed E-state index contributed by atoms with van der Waals surface area (Å²) in [4.78, 5) is 15.6. The summed E-state index contributed by atoms with van der Waals surface area (Å²) >= 11 is 12.9. The highest BCUT2D eigenvalue weighted by molar-refractivity contribution is 6.39. The Morgan fingerprint density at radius 1 is 1.08 bits per heavy atom. The molecule has 1 heterocycles. The van der Waals surface area contributed by atoms with Gasteiger partial charge in [0.15, 0.2) is 0 Å². The van der Waals surface area contributed by atoms with E-state index in [0.717, 1.165) is 22.3 Å². The number of halogens is 2. The fraction of sp³-hybridized carbons (Fsp3) is 0.118. The zero-order valence-corrected chi connectivity index (χ0v) is 14.4. The molecule has 1 aliphatic rings. The van der Waals surface area contributed by atoms with Crippen molar-refractivity contribution in [2.75, 3.05) is 11.1 Å². The molecule has 6 nitrogen and oxygen atoms in total. The molecule has 2 aromatic carbocycles. The lowest BCUT2D eigenvalue weighted by Gasteiger charge is -2.12. The van der Waals surface area contributed by atoms with E-state index in [0.29, 0.717) is 34.5 Å². The molecule has 0 fully saturated rings. The van der Waals surface area contributed by atoms with Crippen molar-refractivity contribution in [3.8, 4) is 11.1 Å². The molecule has 1 aliphatic carbocycles. The summed E-state index contributed by atoms with van der Waals surface area (Å²) in [7, 11) is 0. The third-order valence-corrected chi connectivity index (χ3v) is 4.67. The van der Waals surface area contributed by atoms with Gasteiger partial charge in [0.05, 0.1) is 10.0 Å². The Bertz CT molecular complexity index is 975. The molecule has 0 saturated carbocycles. The zero-order valence-electron chi connectivity index (χ0n) is 12.9. The SMILES string of the molecule is Nc1nc(Nc2cc(Cl)c(-c3ccc4c(c3)CC(=O)C4)c(Cl)c2)n[nH]1. The van der Waals surface area contributed by atoms with E-state index in [1.54, 1.807) is 12.1 Å². The van der Waals surface area contributed by atoms with Gasteiger partial charge in [0, 0.05) is 24.1 Å². The molecule has 3 aromatic rings. The van der Waals surface area contributed by atoms with Gasteiger partial charge >= 0.3 is 0 Å². The molecule has 0 atom stereocenters. The second-order valence-corrected chi connectivity index (χ2v) is 6.67. The zero-order chi connectivity index (χ0) is 17.6. The first-order valence-corrected chi connectivity index (χ1v) is 8.33. The van der Waals surface area contributed by atoms with E-state index in [1.165, 1.54) is 0 Å². The third kappa shape index (κ3) is 3.06. The minimum Gasteiger partial charge on any atom is -0.368 e. The number of benzene rings is 2. The van der Waals surface area contributed by atoms with Crippen LogP contribution in [-0.4, -0.2) is 21.0 Å². The summed E-state index contributed by atoms with van der Waals surface area (Å²) < 4.78 is 0. The molecule has 4 rings (SSSR count). The summed E-state index contributed by atoms with van der Waals surface area (Å²) in [5, 5.41) is 10.4. The Morgan fingerprint density at radius 2 is 1.80 bits per heavy atom. The van der Waals surface area contributed by atoms with Crippen molar-refractivity contribution in [3.63, 3.8) is 0 Å². The van der Waals surface area contributed by atoms with Gasteiger partial charge in [-0.2, -0.15) is 4.98 Å². The van der Waals surface area contributed by atoms with Gasteiger partial charge < -0.3 is 11.1 Å². The molecule has 0 unspecified atom stereocenters. The maximum atomic E-state index is 11.6. The second kappa shape index (κ2) is 6.06. The first-order chi connectivity index (χ1) is 12.0. The Labute approximate surface area is 153 Å². The van der Waals surface area contributed by atoms with Gasteiger partial charge in [-0.3, -0.25) is 4.79 Å². The fourth-order valence-corrected chi connectivity index (χ4v) is 3.69. The molecule has 1 aromatic heterocycles. The lowest BCUT2D eigenvalue weighted by Crippen LogP contribution is -1.94. The number of aromatic nitrogens is 3. The summed E-state index contributed by atoms with van der Waals surface area (Å²) in [6.07, 6.45) is 0.962. The lowest BCUT2D eigenvalue weighted by molar-refractivity contribution is -0.117. The Kier molecular flexibility index (Phi) is 3.86. The Morgan fingerprint density at radius 3 is 2.48 bits per heavy atom. The molecular weight excluding hydrogens is 361 g/mol. The van der Waals surface area contributed by atoms with E-state index in [4.69, 9.17) is 28.9 Å². The van der Waals surface area contributed by atoms with Crippen LogP contribution in [0.3, 0.4) is 0 Å². The number of aromatic amines is 1. The minimum atomic E-state index is 0.212. The van der Waals surface area contributed by atoms with E-state index in [-0.39, 0.29) is 11.7 Å². The van der Waals surface area contributed by atoms with E-state index >= 15 is 0 Å². The molecule has 0 bridgehead atoms. The highest BCUT2D eigenvalue weighted by Gasteiger charge is 2.20. The predicted octanol–water partition coefficient (Wildman–Crippen LogP) is 3.77. The van der Waals surface area contributed by atoms with Crippen molar-refractivity contribution in [2.24, 2.45) is 0 Å². The van der Waals surface area contributed by atoms with Crippen LogP contribution in [-0.2, 0) is 17.6 Å². The largest absolute Gasteiger partial charge is 0.368 e. The van der Waals surface area contributed by atoms with E-state index in [9.17, 15) is 4.79 Å². The van der Waals surface area contributed by atoms with Crippen LogP contribution in [0.15, 0.2) is 30.3 Å². The number of anilines is 3. The molecule has 8 heteroatoms. The highest BCUT2D eigenvalue weighted by atomic mass is 35.5. The number of nitrogens with one attached hydrogen (secondary N) is 2. The number of Topliss-reactive ketones (excluding diaryl/α,β-unsaturated/α-hetero) is 1. The summed E-state index contributed by atoms with van der Waals surface area (Å²) in [6, 6.07) is 9.37. The Hall–Kier alpha value is -2.57. The van der Waals surface area contributed by atoms with Gasteiger partial charge in [0.25, 0.3) is 0 Å². The van der Waals surface area contributed by atoms with Gasteiger partial charge in [-0.1, -0.05) is 41.4 Å². The number of nitrogen functional groups attached to an aromatic ring is 1. The van der Waals surface area contributed by atoms with E-state index in [1.807, 2.05) is 18.2 Å². The molecule has 0 saturated heterocycles. The van der Waals surface area contributed by atoms with Crippen molar-refractivity contribution in [1.29, 1.82) is 0 Å². The number of nitrogens with two attached hydrogens (primary N) is 1. The second-order valence-electron chi connectivity index (χ2n) is 5.86. The smallest absolute Gasteiger partial charge is 0.248 e. The van der Waals surface area contributed by atoms with Gasteiger partial charge in [0.2, 0.25) is 11.9 Å². The summed E-state index contributed by atoms with van der Waals surface area (Å²) in [5.41, 5.74) is 9.87. The maximum absolute atomic E-state index is 11.6. The van der Waals surface area contributed by atoms with Crippen molar-refractivity contribution in [2.45, 2.75) is 12.8 Å². The van der Waals surface area contributed by atoms with Gasteiger partial charge in [-0.05, 0) is 28.8 Å². The number of nitrogens with zero attached hydrogens (tertiary/aromatic N) is 2. The average molecular weight is 374 g/mol. The standard InChI is InChI=1S/C17H13Cl2N5O/c18-13-6-11(21-17-22-16(20)23-24-17)7-14(19)15(13)9-2-1-8-4-12(25)5-10(8)3-9/h1-3,6-7H,4-5H2,(H4,20,21,22,23,24). The Balaban J connectivity index is 1.69. The minimum absolute atomic E-state index is 0.212. The average Bonchev–Trinajstić information content (AvgIpc) is 3.10. The quantitative estimate of drug-likeness (QED) is 0.649. The molecule has 0 spiro atoms. The van der Waals surface area contributed by atoms with Crippen LogP contribution in [0.1, 0.15) is 11.1 Å². The van der Waals surface area contributed by atoms with Crippen LogP contribution >= 0.6 is 23.2 Å². The van der Waals surface area contributed by atoms with Gasteiger partial charge in [-0.15, -0.1) is 5.10 Å². The summed E-state index contributed by atoms with van der Waals surface area (Å²) in [6.45, 7) is 0. The molecule has 0 radical (unpaired) electrons. The van der Waals surface area contributed by atoms with Crippen LogP contribution in [0.2, 0.25) is 10.0 Å². The monoisotopic (exact) mass is 373 g/mol. The van der Waals surface area contributed by atoms with Crippen molar-refractivity contribution in [3.05, 3.63) is 51.5 Å². The van der Waals surface area contributed by atoms with Crippen molar-refractivity contribution in [1.82, 2.24) is 15.2 Å². The van der Waals surface area contributed by atoms with Crippen LogP contribution in [0.5, 0.6) is 0 Å². The highest BCUT2D eigenvalue weighted by Crippen LogP contribution is 2.39. The van der Waals surface area contributed by atoms with Crippen molar-refractivity contribution < 1.29 is 4.79 Å². The normalized spacial score (nSPS) is 13.1. The molecule has 126 valence electrons. The number of carbonyl (C=O) groups excluding carboxylic acids is 1. The van der Waals surface area contributed by atoms with Gasteiger partial charge in [-0.25, -0.2) is 5.10 Å². The van der Waals surface area contributed by atoms with E-state index in [2.05, 4.69) is 20.5 Å². The number of carbonyl (C=O) groups is 1. The van der Waals surface area contributed by atoms with Crippen LogP contribution < -0.4 is 11.1 Å². The van der Waals surface area contributed by atoms with Gasteiger partial charge in [0.1, 0.15) is 5.78 Å². The first-order valence-electron chi connectivity index (χ1n) is 7.57. The topological polar surface area (TPSA) is 96.7 Å². The maximum Gasteiger partial charge on any atom is 0.248 e. The molecule has 0 amide bonds. The van der Waals surface area contributed by atoms with E-state index < -0.39 is 0 Å². The number of hydrogen-bond acceptors (Lipinski definition) is 5. The predicted molar refractivity (Wildman–Crippen MR) is 98.4 cm³/mol. The number of rotatable bonds is 3. The summed E-state index contributed by atoms with van der Waals surface area (Å²) in [5.74, 6) is 0.770. The van der Waals surface area contributed by atoms with Crippen molar-refractivity contribution >= 4 is 46.6 Å². The fourth-order valence-electron chi connectivity index (χ4n) is 2.99.